The van der Waals surface area contributed by atoms with Crippen molar-refractivity contribution < 1.29 is 13.2 Å². The van der Waals surface area contributed by atoms with Crippen LogP contribution >= 0.6 is 0 Å². The first-order valence-electron chi connectivity index (χ1n) is 6.78. The monoisotopic (exact) mass is 293 g/mol. The third-order valence-corrected chi connectivity index (χ3v) is 4.29. The van der Waals surface area contributed by atoms with Crippen LogP contribution in [-0.2, 0) is 14.6 Å². The second-order valence-corrected chi connectivity index (χ2v) is 6.54. The molecular weight excluding hydrogens is 266 g/mol. The van der Waals surface area contributed by atoms with E-state index in [-0.39, 0.29) is 11.5 Å². The molecule has 2 N–H and O–H groups in total. The van der Waals surface area contributed by atoms with Gasteiger partial charge in [-0.15, -0.1) is 0 Å². The number of nitrogens with one attached hydrogen (secondary N) is 2. The molecule has 7 heteroatoms. The second kappa shape index (κ2) is 11.0. The molecule has 0 rings (SSSR count). The highest BCUT2D eigenvalue weighted by atomic mass is 32.2. The Morgan fingerprint density at radius 2 is 1.84 bits per heavy atom. The Kier molecular flexibility index (Phi) is 10.6. The maximum absolute atomic E-state index is 11.3. The molecule has 0 aromatic heterocycles. The minimum atomic E-state index is -2.92. The third-order valence-electron chi connectivity index (χ3n) is 2.58. The molecule has 114 valence electrons. The van der Waals surface area contributed by atoms with Gasteiger partial charge in [0.2, 0.25) is 0 Å². The summed E-state index contributed by atoms with van der Waals surface area (Å²) in [5.41, 5.74) is 0. The van der Waals surface area contributed by atoms with Crippen molar-refractivity contribution in [3.63, 3.8) is 0 Å². The van der Waals surface area contributed by atoms with E-state index in [9.17, 15) is 8.42 Å². The lowest BCUT2D eigenvalue weighted by Crippen LogP contribution is -2.40. The fraction of sp³-hybridized carbons (Fsp3) is 0.917. The molecule has 6 nitrogen and oxygen atoms in total. The van der Waals surface area contributed by atoms with Gasteiger partial charge in [0.25, 0.3) is 0 Å². The Morgan fingerprint density at radius 1 is 1.16 bits per heavy atom. The van der Waals surface area contributed by atoms with Crippen LogP contribution in [0.5, 0.6) is 0 Å². The van der Waals surface area contributed by atoms with Gasteiger partial charge >= 0.3 is 0 Å². The molecule has 0 aliphatic carbocycles. The SMILES string of the molecule is CCOCCCCNC(=NC)NCCS(=O)(=O)CC. The van der Waals surface area contributed by atoms with E-state index < -0.39 is 9.84 Å². The lowest BCUT2D eigenvalue weighted by molar-refractivity contribution is 0.143. The Bertz CT molecular complexity index is 342. The van der Waals surface area contributed by atoms with Gasteiger partial charge in [0.1, 0.15) is 0 Å². The first kappa shape index (κ1) is 18.2. The summed E-state index contributed by atoms with van der Waals surface area (Å²) in [6.45, 7) is 6.35. The molecule has 0 aromatic rings. The molecule has 0 aliphatic rings. The van der Waals surface area contributed by atoms with Crippen LogP contribution in [0.1, 0.15) is 26.7 Å². The van der Waals surface area contributed by atoms with Crippen molar-refractivity contribution >= 4 is 15.8 Å². The van der Waals surface area contributed by atoms with E-state index in [0.29, 0.717) is 12.5 Å². The highest BCUT2D eigenvalue weighted by Gasteiger charge is 2.06. The third kappa shape index (κ3) is 10.8. The van der Waals surface area contributed by atoms with Crippen molar-refractivity contribution in [3.05, 3.63) is 0 Å². The predicted molar refractivity (Wildman–Crippen MR) is 79.4 cm³/mol. The predicted octanol–water partition coefficient (Wildman–Crippen LogP) is 0.403. The lowest BCUT2D eigenvalue weighted by atomic mass is 10.3. The summed E-state index contributed by atoms with van der Waals surface area (Å²) in [7, 11) is -1.25. The molecule has 0 saturated carbocycles. The largest absolute Gasteiger partial charge is 0.382 e. The number of sulfone groups is 1. The van der Waals surface area contributed by atoms with Gasteiger partial charge in [0, 0.05) is 39.1 Å². The molecule has 0 heterocycles. The number of unbranched alkanes of at least 4 members (excludes halogenated alkanes) is 1. The van der Waals surface area contributed by atoms with Gasteiger partial charge in [0.05, 0.1) is 5.75 Å². The van der Waals surface area contributed by atoms with Gasteiger partial charge in [-0.25, -0.2) is 8.42 Å². The van der Waals surface area contributed by atoms with E-state index in [0.717, 1.165) is 32.6 Å². The minimum Gasteiger partial charge on any atom is -0.382 e. The minimum absolute atomic E-state index is 0.133. The summed E-state index contributed by atoms with van der Waals surface area (Å²) in [6, 6.07) is 0. The van der Waals surface area contributed by atoms with Crippen molar-refractivity contribution in [1.82, 2.24) is 10.6 Å². The van der Waals surface area contributed by atoms with Gasteiger partial charge in [0.15, 0.2) is 15.8 Å². The van der Waals surface area contributed by atoms with E-state index >= 15 is 0 Å². The number of hydrogen-bond donors (Lipinski definition) is 2. The molecule has 0 fully saturated rings. The quantitative estimate of drug-likeness (QED) is 0.346. The van der Waals surface area contributed by atoms with Crippen LogP contribution in [0.15, 0.2) is 4.99 Å². The number of rotatable bonds is 10. The number of hydrogen-bond acceptors (Lipinski definition) is 4. The van der Waals surface area contributed by atoms with Crippen LogP contribution in [0.3, 0.4) is 0 Å². The maximum atomic E-state index is 11.3. The molecule has 0 unspecified atom stereocenters. The van der Waals surface area contributed by atoms with Crippen LogP contribution in [0.2, 0.25) is 0 Å². The number of ether oxygens (including phenoxy) is 1. The zero-order valence-electron chi connectivity index (χ0n) is 12.2. The Balaban J connectivity index is 3.68. The fourth-order valence-corrected chi connectivity index (χ4v) is 2.07. The van der Waals surface area contributed by atoms with E-state index in [1.165, 1.54) is 0 Å². The molecular formula is C12H27N3O3S. The van der Waals surface area contributed by atoms with Gasteiger partial charge < -0.3 is 15.4 Å². The second-order valence-electron chi connectivity index (χ2n) is 4.07. The fourth-order valence-electron chi connectivity index (χ4n) is 1.37. The molecule has 0 saturated heterocycles. The van der Waals surface area contributed by atoms with Crippen molar-refractivity contribution in [2.45, 2.75) is 26.7 Å². The smallest absolute Gasteiger partial charge is 0.191 e. The Morgan fingerprint density at radius 3 is 2.42 bits per heavy atom. The molecule has 0 radical (unpaired) electrons. The molecule has 0 atom stereocenters. The summed E-state index contributed by atoms with van der Waals surface area (Å²) in [4.78, 5) is 4.04. The van der Waals surface area contributed by atoms with Crippen LogP contribution < -0.4 is 10.6 Å². The average molecular weight is 293 g/mol. The molecule has 0 aromatic carbocycles. The molecule has 0 aliphatic heterocycles. The Hall–Kier alpha value is -0.820. The lowest BCUT2D eigenvalue weighted by Gasteiger charge is -2.11. The maximum Gasteiger partial charge on any atom is 0.191 e. The highest BCUT2D eigenvalue weighted by molar-refractivity contribution is 7.91. The normalized spacial score (nSPS) is 12.5. The van der Waals surface area contributed by atoms with Crippen LogP contribution in [0.4, 0.5) is 0 Å². The van der Waals surface area contributed by atoms with Crippen molar-refractivity contribution in [3.8, 4) is 0 Å². The van der Waals surface area contributed by atoms with E-state index in [1.54, 1.807) is 14.0 Å². The van der Waals surface area contributed by atoms with Crippen molar-refractivity contribution in [2.75, 3.05) is 44.9 Å². The molecule has 0 spiro atoms. The summed E-state index contributed by atoms with van der Waals surface area (Å²) in [5, 5.41) is 6.13. The van der Waals surface area contributed by atoms with Crippen LogP contribution in [0, 0.1) is 0 Å². The van der Waals surface area contributed by atoms with Crippen LogP contribution in [-0.4, -0.2) is 59.2 Å². The summed E-state index contributed by atoms with van der Waals surface area (Å²) in [5.74, 6) is 0.954. The zero-order chi connectivity index (χ0) is 14.6. The van der Waals surface area contributed by atoms with Gasteiger partial charge in [-0.3, -0.25) is 4.99 Å². The van der Waals surface area contributed by atoms with Crippen molar-refractivity contribution in [1.29, 1.82) is 0 Å². The standard InChI is InChI=1S/C12H27N3O3S/c1-4-18-10-7-6-8-14-12(13-3)15-9-11-19(16,17)5-2/h4-11H2,1-3H3,(H2,13,14,15). The van der Waals surface area contributed by atoms with E-state index in [1.807, 2.05) is 6.92 Å². The molecule has 0 amide bonds. The summed E-state index contributed by atoms with van der Waals surface area (Å²) >= 11 is 0. The highest BCUT2D eigenvalue weighted by Crippen LogP contribution is 1.89. The van der Waals surface area contributed by atoms with Gasteiger partial charge in [-0.05, 0) is 19.8 Å². The molecule has 0 bridgehead atoms. The van der Waals surface area contributed by atoms with E-state index in [2.05, 4.69) is 15.6 Å². The van der Waals surface area contributed by atoms with Crippen molar-refractivity contribution in [2.24, 2.45) is 4.99 Å². The molecule has 19 heavy (non-hydrogen) atoms. The number of guanidine groups is 1. The first-order valence-corrected chi connectivity index (χ1v) is 8.60. The first-order chi connectivity index (χ1) is 9.05. The van der Waals surface area contributed by atoms with Gasteiger partial charge in [-0.2, -0.15) is 0 Å². The van der Waals surface area contributed by atoms with Gasteiger partial charge in [-0.1, -0.05) is 6.92 Å². The zero-order valence-corrected chi connectivity index (χ0v) is 13.1. The number of aliphatic imine (C=N–C) groups is 1. The summed E-state index contributed by atoms with van der Waals surface area (Å²) < 4.78 is 27.9. The van der Waals surface area contributed by atoms with Crippen LogP contribution in [0.25, 0.3) is 0 Å². The topological polar surface area (TPSA) is 79.8 Å². The van der Waals surface area contributed by atoms with E-state index in [4.69, 9.17) is 4.74 Å². The average Bonchev–Trinajstić information content (AvgIpc) is 2.40. The Labute approximate surface area is 116 Å². The summed E-state index contributed by atoms with van der Waals surface area (Å²) in [6.07, 6.45) is 2.00. The number of nitrogens with zero attached hydrogens (tertiary/aromatic N) is 1.